The van der Waals surface area contributed by atoms with Crippen molar-refractivity contribution in [3.63, 3.8) is 0 Å². The molecule has 0 amide bonds. The second kappa shape index (κ2) is 6.73. The van der Waals surface area contributed by atoms with E-state index in [4.69, 9.17) is 8.85 Å². The van der Waals surface area contributed by atoms with Crippen molar-refractivity contribution in [2.45, 2.75) is 80.3 Å². The van der Waals surface area contributed by atoms with Crippen molar-refractivity contribution in [3.8, 4) is 0 Å². The Kier molecular flexibility index (Phi) is 6.78. The minimum atomic E-state index is -2.27. The summed E-state index contributed by atoms with van der Waals surface area (Å²) in [6.45, 7) is 24.1. The molecule has 0 rings (SSSR count). The molecule has 116 valence electrons. The van der Waals surface area contributed by atoms with Gasteiger partial charge in [0.05, 0.1) is 0 Å². The Morgan fingerprint density at radius 3 is 1.16 bits per heavy atom. The summed E-state index contributed by atoms with van der Waals surface area (Å²) in [5.41, 5.74) is 1.31. The van der Waals surface area contributed by atoms with Gasteiger partial charge in [-0.2, -0.15) is 0 Å². The van der Waals surface area contributed by atoms with Gasteiger partial charge in [0.1, 0.15) is 0 Å². The van der Waals surface area contributed by atoms with Gasteiger partial charge in [0, 0.05) is 24.3 Å². The van der Waals surface area contributed by atoms with Gasteiger partial charge in [0.15, 0.2) is 0 Å². The van der Waals surface area contributed by atoms with Crippen LogP contribution in [0.2, 0.25) is 11.1 Å². The molecule has 0 bridgehead atoms. The van der Waals surface area contributed by atoms with Crippen molar-refractivity contribution in [3.05, 3.63) is 0 Å². The number of rotatable bonds is 6. The molecule has 0 fully saturated rings. The zero-order valence-electron chi connectivity index (χ0n) is 14.9. The molecule has 0 aliphatic rings. The Balaban J connectivity index is 5.67. The summed E-state index contributed by atoms with van der Waals surface area (Å²) in [5.74, 6) is 0. The topological polar surface area (TPSA) is 18.5 Å². The summed E-state index contributed by atoms with van der Waals surface area (Å²) in [7, 11) is -2.27. The van der Waals surface area contributed by atoms with E-state index < -0.39 is 8.56 Å². The van der Waals surface area contributed by atoms with Gasteiger partial charge in [-0.3, -0.25) is 0 Å². The molecule has 0 spiro atoms. The summed E-state index contributed by atoms with van der Waals surface area (Å²) in [4.78, 5) is 0. The molecule has 3 heteroatoms. The average Bonchev–Trinajstić information content (AvgIpc) is 2.24. The predicted octanol–water partition coefficient (Wildman–Crippen LogP) is 5.37. The Hall–Kier alpha value is 0.137. The molecular formula is C16H36O2Si. The molecule has 0 aliphatic heterocycles. The van der Waals surface area contributed by atoms with Gasteiger partial charge in [0.2, 0.25) is 0 Å². The summed E-state index contributed by atoms with van der Waals surface area (Å²) >= 11 is 0. The molecule has 2 atom stereocenters. The fourth-order valence-electron chi connectivity index (χ4n) is 2.57. The molecule has 0 aromatic rings. The number of hydrogen-bond donors (Lipinski definition) is 0. The highest BCUT2D eigenvalue weighted by molar-refractivity contribution is 6.70. The lowest BCUT2D eigenvalue weighted by molar-refractivity contribution is 0.127. The van der Waals surface area contributed by atoms with E-state index in [2.05, 4.69) is 69.2 Å². The van der Waals surface area contributed by atoms with Crippen LogP contribution in [0, 0.1) is 10.8 Å². The smallest absolute Gasteiger partial charge is 0.345 e. The van der Waals surface area contributed by atoms with Crippen LogP contribution in [0.5, 0.6) is 0 Å². The highest BCUT2D eigenvalue weighted by atomic mass is 28.4. The highest BCUT2D eigenvalue weighted by Crippen LogP contribution is 2.51. The van der Waals surface area contributed by atoms with Crippen molar-refractivity contribution < 1.29 is 8.85 Å². The van der Waals surface area contributed by atoms with E-state index in [1.165, 1.54) is 0 Å². The van der Waals surface area contributed by atoms with Crippen LogP contribution in [-0.2, 0) is 8.85 Å². The monoisotopic (exact) mass is 288 g/mol. The number of hydrogen-bond acceptors (Lipinski definition) is 2. The van der Waals surface area contributed by atoms with Crippen LogP contribution in [-0.4, -0.2) is 21.8 Å². The maximum Gasteiger partial charge on any atom is 0.345 e. The van der Waals surface area contributed by atoms with Crippen molar-refractivity contribution in [2.24, 2.45) is 10.8 Å². The first-order valence-electron chi connectivity index (χ1n) is 7.71. The second-order valence-electron chi connectivity index (χ2n) is 7.76. The van der Waals surface area contributed by atoms with Crippen molar-refractivity contribution in [1.29, 1.82) is 0 Å². The molecule has 0 radical (unpaired) electrons. The molecular weight excluding hydrogens is 252 g/mol. The molecule has 0 saturated carbocycles. The van der Waals surface area contributed by atoms with E-state index in [-0.39, 0.29) is 10.8 Å². The Bertz CT molecular complexity index is 235. The van der Waals surface area contributed by atoms with E-state index in [1.807, 2.05) is 0 Å². The van der Waals surface area contributed by atoms with Gasteiger partial charge in [-0.1, -0.05) is 55.4 Å². The van der Waals surface area contributed by atoms with E-state index in [0.717, 1.165) is 13.2 Å². The van der Waals surface area contributed by atoms with E-state index in [1.54, 1.807) is 0 Å². The van der Waals surface area contributed by atoms with Crippen LogP contribution < -0.4 is 0 Å². The first-order valence-corrected chi connectivity index (χ1v) is 9.68. The standard InChI is InChI=1S/C16H36O2Si/c1-11-17-19(18-12-2,13(3)15(5,6)7)14(4)16(8,9)10/h13-14H,11-12H2,1-10H3. The Labute approximate surface area is 122 Å². The molecule has 0 heterocycles. The first kappa shape index (κ1) is 19.1. The quantitative estimate of drug-likeness (QED) is 0.611. The molecule has 0 aromatic carbocycles. The largest absolute Gasteiger partial charge is 0.394 e. The Morgan fingerprint density at radius 1 is 0.737 bits per heavy atom. The van der Waals surface area contributed by atoms with E-state index >= 15 is 0 Å². The van der Waals surface area contributed by atoms with Gasteiger partial charge in [-0.15, -0.1) is 0 Å². The fraction of sp³-hybridized carbons (Fsp3) is 1.00. The summed E-state index contributed by atoms with van der Waals surface area (Å²) in [6.07, 6.45) is 0. The lowest BCUT2D eigenvalue weighted by Gasteiger charge is -2.48. The molecule has 0 N–H and O–H groups in total. The van der Waals surface area contributed by atoms with Crippen molar-refractivity contribution in [2.75, 3.05) is 13.2 Å². The summed E-state index contributed by atoms with van der Waals surface area (Å²) < 4.78 is 12.7. The molecule has 2 nitrogen and oxygen atoms in total. The molecule has 0 saturated heterocycles. The maximum absolute atomic E-state index is 6.36. The Morgan fingerprint density at radius 2 is 1.00 bits per heavy atom. The second-order valence-corrected chi connectivity index (χ2v) is 11.5. The van der Waals surface area contributed by atoms with Crippen molar-refractivity contribution in [1.82, 2.24) is 0 Å². The molecule has 0 aromatic heterocycles. The van der Waals surface area contributed by atoms with Gasteiger partial charge in [-0.25, -0.2) is 0 Å². The van der Waals surface area contributed by atoms with Gasteiger partial charge in [-0.05, 0) is 24.7 Å². The van der Waals surface area contributed by atoms with E-state index in [0.29, 0.717) is 11.1 Å². The van der Waals surface area contributed by atoms with Crippen LogP contribution in [0.4, 0.5) is 0 Å². The highest BCUT2D eigenvalue weighted by Gasteiger charge is 2.55. The normalized spacial score (nSPS) is 17.4. The van der Waals surface area contributed by atoms with Crippen molar-refractivity contribution >= 4 is 8.56 Å². The maximum atomic E-state index is 6.36. The molecule has 2 unspecified atom stereocenters. The van der Waals surface area contributed by atoms with E-state index in [9.17, 15) is 0 Å². The lowest BCUT2D eigenvalue weighted by atomic mass is 9.92. The third-order valence-electron chi connectivity index (χ3n) is 4.55. The summed E-state index contributed by atoms with van der Waals surface area (Å²) in [6, 6.07) is 0. The lowest BCUT2D eigenvalue weighted by Crippen LogP contribution is -2.56. The SMILES string of the molecule is CCO[Si](OCC)(C(C)C(C)(C)C)C(C)C(C)(C)C. The first-order chi connectivity index (χ1) is 8.43. The molecule has 0 aliphatic carbocycles. The average molecular weight is 289 g/mol. The van der Waals surface area contributed by atoms with Gasteiger partial charge in [0.25, 0.3) is 0 Å². The minimum absolute atomic E-state index is 0.204. The predicted molar refractivity (Wildman–Crippen MR) is 86.8 cm³/mol. The zero-order chi connectivity index (χ0) is 15.5. The van der Waals surface area contributed by atoms with Crippen LogP contribution >= 0.6 is 0 Å². The molecule has 19 heavy (non-hydrogen) atoms. The van der Waals surface area contributed by atoms with Crippen LogP contribution in [0.1, 0.15) is 69.2 Å². The van der Waals surface area contributed by atoms with Gasteiger partial charge < -0.3 is 8.85 Å². The fourth-order valence-corrected chi connectivity index (χ4v) is 7.72. The van der Waals surface area contributed by atoms with Gasteiger partial charge >= 0.3 is 8.56 Å². The summed E-state index contributed by atoms with van der Waals surface area (Å²) in [5, 5.41) is 0. The van der Waals surface area contributed by atoms with Crippen LogP contribution in [0.15, 0.2) is 0 Å². The third-order valence-corrected chi connectivity index (χ3v) is 10.2. The minimum Gasteiger partial charge on any atom is -0.394 e. The van der Waals surface area contributed by atoms with Crippen LogP contribution in [0.25, 0.3) is 0 Å². The third kappa shape index (κ3) is 4.57. The zero-order valence-corrected chi connectivity index (χ0v) is 15.9. The van der Waals surface area contributed by atoms with Crippen LogP contribution in [0.3, 0.4) is 0 Å².